The molecule has 1 aliphatic heterocycles. The second-order valence-corrected chi connectivity index (χ2v) is 12.3. The first kappa shape index (κ1) is 30.1. The van der Waals surface area contributed by atoms with Gasteiger partial charge < -0.3 is 4.74 Å². The summed E-state index contributed by atoms with van der Waals surface area (Å²) in [5, 5.41) is 5.61. The highest BCUT2D eigenvalue weighted by atomic mass is 35.5. The third-order valence-corrected chi connectivity index (χ3v) is 8.89. The van der Waals surface area contributed by atoms with Gasteiger partial charge in [0.1, 0.15) is 16.7 Å². The molecule has 0 atom stereocenters. The summed E-state index contributed by atoms with van der Waals surface area (Å²) in [5.74, 6) is 0.707. The summed E-state index contributed by atoms with van der Waals surface area (Å²) in [4.78, 5) is 15.7. The first-order valence-electron chi connectivity index (χ1n) is 14.4. The van der Waals surface area contributed by atoms with E-state index in [0.717, 1.165) is 46.7 Å². The van der Waals surface area contributed by atoms with E-state index in [1.807, 2.05) is 95.8 Å². The molecule has 4 aromatic rings. The van der Waals surface area contributed by atoms with Crippen molar-refractivity contribution in [1.82, 2.24) is 14.7 Å². The third kappa shape index (κ3) is 7.51. The van der Waals surface area contributed by atoms with Crippen molar-refractivity contribution in [3.63, 3.8) is 0 Å². The number of nitrogens with zero attached hydrogens (tertiary/aromatic N) is 3. The Bertz CT molecular complexity index is 1550. The largest absolute Gasteiger partial charge is 0.489 e. The number of benzene rings is 3. The maximum Gasteiger partial charge on any atom is 0.266 e. The average Bonchev–Trinajstić information content (AvgIpc) is 3.55. The zero-order chi connectivity index (χ0) is 29.3. The van der Waals surface area contributed by atoms with Crippen LogP contribution in [0.3, 0.4) is 0 Å². The van der Waals surface area contributed by atoms with E-state index in [1.165, 1.54) is 37.4 Å². The Kier molecular flexibility index (Phi) is 10.5. The molecule has 0 bridgehead atoms. The predicted molar refractivity (Wildman–Crippen MR) is 178 cm³/mol. The van der Waals surface area contributed by atoms with Crippen LogP contribution in [0.25, 0.3) is 23.0 Å². The number of hydrogen-bond acceptors (Lipinski definition) is 5. The van der Waals surface area contributed by atoms with Crippen molar-refractivity contribution in [2.75, 3.05) is 6.54 Å². The Labute approximate surface area is 262 Å². The maximum absolute atomic E-state index is 13.4. The average molecular weight is 616 g/mol. The minimum absolute atomic E-state index is 0.0275. The molecule has 0 spiro atoms. The Morgan fingerprint density at radius 1 is 0.929 bits per heavy atom. The van der Waals surface area contributed by atoms with E-state index in [4.69, 9.17) is 33.7 Å². The number of unbranched alkanes of at least 4 members (excludes halogenated alkanes) is 5. The van der Waals surface area contributed by atoms with Crippen LogP contribution in [0.5, 0.6) is 5.75 Å². The van der Waals surface area contributed by atoms with Crippen molar-refractivity contribution >= 4 is 51.9 Å². The van der Waals surface area contributed by atoms with Crippen molar-refractivity contribution in [3.8, 4) is 22.7 Å². The van der Waals surface area contributed by atoms with Gasteiger partial charge in [0.05, 0.1) is 16.3 Å². The highest BCUT2D eigenvalue weighted by molar-refractivity contribution is 8.26. The summed E-state index contributed by atoms with van der Waals surface area (Å²) in [5.41, 5.74) is 4.42. The van der Waals surface area contributed by atoms with Gasteiger partial charge in [0.15, 0.2) is 0 Å². The number of aromatic nitrogens is 2. The van der Waals surface area contributed by atoms with Gasteiger partial charge in [-0.2, -0.15) is 5.10 Å². The van der Waals surface area contributed by atoms with Gasteiger partial charge >= 0.3 is 0 Å². The lowest BCUT2D eigenvalue weighted by atomic mass is 10.1. The number of carbonyl (C=O) groups excluding carboxylic acids is 1. The fourth-order valence-electron chi connectivity index (χ4n) is 4.80. The van der Waals surface area contributed by atoms with E-state index in [1.54, 1.807) is 4.90 Å². The second kappa shape index (κ2) is 14.7. The summed E-state index contributed by atoms with van der Waals surface area (Å²) >= 11 is 13.3. The van der Waals surface area contributed by atoms with Crippen molar-refractivity contribution < 1.29 is 9.53 Å². The van der Waals surface area contributed by atoms with Crippen molar-refractivity contribution in [3.05, 3.63) is 106 Å². The van der Waals surface area contributed by atoms with Gasteiger partial charge in [0.25, 0.3) is 5.91 Å². The molecule has 0 radical (unpaired) electrons. The van der Waals surface area contributed by atoms with E-state index in [0.29, 0.717) is 27.4 Å². The number of amides is 1. The van der Waals surface area contributed by atoms with Crippen LogP contribution in [0.1, 0.15) is 56.6 Å². The number of para-hydroxylation sites is 1. The Hall–Kier alpha value is -3.39. The number of carbonyl (C=O) groups is 1. The van der Waals surface area contributed by atoms with Crippen LogP contribution >= 0.6 is 35.6 Å². The summed E-state index contributed by atoms with van der Waals surface area (Å²) in [6.45, 7) is 3.27. The molecule has 1 aliphatic rings. The summed E-state index contributed by atoms with van der Waals surface area (Å²) in [6.07, 6.45) is 10.9. The molecule has 0 unspecified atom stereocenters. The van der Waals surface area contributed by atoms with E-state index in [9.17, 15) is 4.79 Å². The van der Waals surface area contributed by atoms with Crippen LogP contribution in [-0.4, -0.2) is 31.5 Å². The van der Waals surface area contributed by atoms with Gasteiger partial charge in [-0.25, -0.2) is 4.68 Å². The molecule has 1 saturated heterocycles. The molecule has 1 aromatic heterocycles. The fourth-order valence-corrected chi connectivity index (χ4v) is 6.29. The summed E-state index contributed by atoms with van der Waals surface area (Å²) in [7, 11) is 0. The number of rotatable bonds is 13. The smallest absolute Gasteiger partial charge is 0.266 e. The number of hydrogen-bond donors (Lipinski definition) is 0. The van der Waals surface area contributed by atoms with Gasteiger partial charge in [-0.15, -0.1) is 0 Å². The number of thiocarbonyl (C=S) groups is 1. The Balaban J connectivity index is 1.35. The monoisotopic (exact) mass is 615 g/mol. The molecule has 1 fully saturated rings. The minimum atomic E-state index is -0.0275. The topological polar surface area (TPSA) is 47.4 Å². The van der Waals surface area contributed by atoms with Gasteiger partial charge in [0.2, 0.25) is 0 Å². The van der Waals surface area contributed by atoms with Crippen molar-refractivity contribution in [2.24, 2.45) is 0 Å². The third-order valence-electron chi connectivity index (χ3n) is 7.14. The number of halogens is 1. The molecule has 42 heavy (non-hydrogen) atoms. The number of ether oxygens (including phenoxy) is 1. The quantitative estimate of drug-likeness (QED) is 0.0852. The van der Waals surface area contributed by atoms with Crippen molar-refractivity contribution in [2.45, 2.75) is 52.1 Å². The highest BCUT2D eigenvalue weighted by Crippen LogP contribution is 2.35. The zero-order valence-electron chi connectivity index (χ0n) is 23.7. The lowest BCUT2D eigenvalue weighted by Crippen LogP contribution is -2.29. The summed E-state index contributed by atoms with van der Waals surface area (Å²) < 4.78 is 8.45. The van der Waals surface area contributed by atoms with Crippen molar-refractivity contribution in [1.29, 1.82) is 0 Å². The predicted octanol–water partition coefficient (Wildman–Crippen LogP) is 9.33. The lowest BCUT2D eigenvalue weighted by Gasteiger charge is -2.14. The highest BCUT2D eigenvalue weighted by Gasteiger charge is 2.32. The van der Waals surface area contributed by atoms with Gasteiger partial charge in [-0.05, 0) is 55.0 Å². The Morgan fingerprint density at radius 3 is 2.40 bits per heavy atom. The minimum Gasteiger partial charge on any atom is -0.489 e. The molecular formula is C34H34ClN3O2S2. The second-order valence-electron chi connectivity index (χ2n) is 10.2. The first-order valence-corrected chi connectivity index (χ1v) is 16.0. The van der Waals surface area contributed by atoms with Crippen LogP contribution in [-0.2, 0) is 11.4 Å². The molecule has 1 amide bonds. The molecule has 0 aliphatic carbocycles. The molecule has 8 heteroatoms. The molecule has 0 saturated carbocycles. The van der Waals surface area contributed by atoms with Gasteiger partial charge in [-0.3, -0.25) is 9.69 Å². The molecule has 216 valence electrons. The standard InChI is InChI=1S/C34H34ClN3O2S2/c1-2-3-4-5-6-12-21-37-33(39)31(42-34(37)41)22-27-23-38(28-14-8-7-9-15-28)36-32(27)25-17-19-29(20-18-25)40-24-26-13-10-11-16-30(26)35/h7-11,13-20,22-23H,2-6,12,21,24H2,1H3. The fraction of sp³-hybridized carbons (Fsp3) is 0.265. The van der Waals surface area contributed by atoms with Gasteiger partial charge in [0, 0.05) is 34.5 Å². The van der Waals surface area contributed by atoms with E-state index in [2.05, 4.69) is 6.92 Å². The maximum atomic E-state index is 13.4. The Morgan fingerprint density at radius 2 is 1.64 bits per heavy atom. The molecule has 0 N–H and O–H groups in total. The summed E-state index contributed by atoms with van der Waals surface area (Å²) in [6, 6.07) is 25.4. The molecule has 5 rings (SSSR count). The van der Waals surface area contributed by atoms with E-state index in [-0.39, 0.29) is 5.91 Å². The van der Waals surface area contributed by atoms with Crippen LogP contribution in [0, 0.1) is 0 Å². The SMILES string of the molecule is CCCCCCCCN1C(=O)C(=Cc2cn(-c3ccccc3)nc2-c2ccc(OCc3ccccc3Cl)cc2)SC1=S. The van der Waals surface area contributed by atoms with Crippen LogP contribution in [0.4, 0.5) is 0 Å². The molecule has 5 nitrogen and oxygen atoms in total. The van der Waals surface area contributed by atoms with Crippen LogP contribution in [0.2, 0.25) is 5.02 Å². The van der Waals surface area contributed by atoms with E-state index < -0.39 is 0 Å². The van der Waals surface area contributed by atoms with E-state index >= 15 is 0 Å². The van der Waals surface area contributed by atoms with Crippen LogP contribution < -0.4 is 4.74 Å². The molecule has 3 aromatic carbocycles. The molecular weight excluding hydrogens is 582 g/mol. The van der Waals surface area contributed by atoms with Gasteiger partial charge in [-0.1, -0.05) is 111 Å². The zero-order valence-corrected chi connectivity index (χ0v) is 26.1. The number of thioether (sulfide) groups is 1. The van der Waals surface area contributed by atoms with Crippen LogP contribution in [0.15, 0.2) is 90.0 Å². The normalized spacial score (nSPS) is 14.2. The lowest BCUT2D eigenvalue weighted by molar-refractivity contribution is -0.122. The first-order chi connectivity index (χ1) is 20.5. The molecule has 2 heterocycles.